The lowest BCUT2D eigenvalue weighted by Gasteiger charge is -2.38. The van der Waals surface area contributed by atoms with Gasteiger partial charge in [-0.15, -0.1) is 0 Å². The van der Waals surface area contributed by atoms with Crippen LogP contribution in [-0.4, -0.2) is 121 Å². The summed E-state index contributed by atoms with van der Waals surface area (Å²) >= 11 is 0. The fourth-order valence-corrected chi connectivity index (χ4v) is 4.22. The van der Waals surface area contributed by atoms with Gasteiger partial charge in [0.15, 0.2) is 12.1 Å². The maximum Gasteiger partial charge on any atom is 0.326 e. The van der Waals surface area contributed by atoms with Gasteiger partial charge in [0, 0.05) is 30.8 Å². The molecule has 0 bridgehead atoms. The van der Waals surface area contributed by atoms with E-state index in [1.807, 2.05) is 0 Å². The number of H-pyrrole nitrogens is 1. The number of hydrogen-bond acceptors (Lipinski definition) is 15. The summed E-state index contributed by atoms with van der Waals surface area (Å²) in [6.45, 7) is 0.489. The topological polar surface area (TPSA) is 328 Å². The highest BCUT2D eigenvalue weighted by molar-refractivity contribution is 5.97. The summed E-state index contributed by atoms with van der Waals surface area (Å²) in [5, 5.41) is 65.6. The van der Waals surface area contributed by atoms with Crippen molar-refractivity contribution in [3.05, 3.63) is 40.2 Å². The van der Waals surface area contributed by atoms with Gasteiger partial charge in [-0.2, -0.15) is 4.98 Å². The molecule has 242 valence electrons. The number of nitrogens with zero attached hydrogens (tertiary/aromatic N) is 1. The molecular formula is C25H36N8O11. The Kier molecular flexibility index (Phi) is 11.8. The van der Waals surface area contributed by atoms with Gasteiger partial charge in [-0.1, -0.05) is 0 Å². The van der Waals surface area contributed by atoms with Gasteiger partial charge in [0.1, 0.15) is 30.0 Å². The number of carboxylic acids is 2. The molecule has 44 heavy (non-hydrogen) atoms. The molecular weight excluding hydrogens is 588 g/mol. The monoisotopic (exact) mass is 624 g/mol. The standard InChI is InChI=1S/C19H23N7O6.C6H13NO5/c20-19-25-15-14(17(30)26-19)23-11(8-22-15)7-21-10-3-1-9(2-4-10)16(29)24-12(18(31)32)5-6-13(27)28;7-3-5(10)4(9)2(1-8)12-6(3)11/h1-4,11-12,21,23H,5-8H2,(H,24,29)(H,27,28)(H,31,32)(H4,20,22,25,26,30);2-6,8-11H,1,7H2/t11-,12+;2-,3-,4+,5-,6-/m11/s1. The third-order valence-electron chi connectivity index (χ3n) is 6.70. The maximum atomic E-state index is 12.3. The van der Waals surface area contributed by atoms with Crippen LogP contribution in [0.1, 0.15) is 23.2 Å². The van der Waals surface area contributed by atoms with E-state index in [4.69, 9.17) is 36.6 Å². The molecule has 2 aromatic rings. The van der Waals surface area contributed by atoms with Crippen LogP contribution < -0.4 is 38.3 Å². The number of carbonyl (C=O) groups excluding carboxylic acids is 1. The summed E-state index contributed by atoms with van der Waals surface area (Å²) in [5.74, 6) is -2.64. The smallest absolute Gasteiger partial charge is 0.326 e. The molecule has 2 aliphatic heterocycles. The van der Waals surface area contributed by atoms with Crippen molar-refractivity contribution in [2.45, 2.75) is 55.6 Å². The number of fused-ring (bicyclic) bond motifs is 1. The number of aliphatic hydroxyl groups excluding tert-OH is 4. The van der Waals surface area contributed by atoms with Crippen LogP contribution in [0.25, 0.3) is 0 Å². The number of carboxylic acid groups (broad SMARTS) is 2. The van der Waals surface area contributed by atoms with Gasteiger partial charge in [-0.25, -0.2) is 4.79 Å². The van der Waals surface area contributed by atoms with Gasteiger partial charge in [0.05, 0.1) is 18.7 Å². The molecule has 0 spiro atoms. The van der Waals surface area contributed by atoms with Crippen LogP contribution in [0, 0.1) is 0 Å². The van der Waals surface area contributed by atoms with Crippen molar-refractivity contribution in [1.82, 2.24) is 15.3 Å². The Morgan fingerprint density at radius 1 is 1.11 bits per heavy atom. The van der Waals surface area contributed by atoms with Gasteiger partial charge in [-0.3, -0.25) is 19.4 Å². The number of benzene rings is 1. The third-order valence-corrected chi connectivity index (χ3v) is 6.70. The van der Waals surface area contributed by atoms with Crippen LogP contribution in [0.15, 0.2) is 29.1 Å². The number of hydrogen-bond donors (Lipinski definition) is 13. The molecule has 19 heteroatoms. The summed E-state index contributed by atoms with van der Waals surface area (Å²) in [6, 6.07) is 3.89. The normalized spacial score (nSPS) is 24.7. The van der Waals surface area contributed by atoms with Crippen molar-refractivity contribution in [2.75, 3.05) is 41.4 Å². The van der Waals surface area contributed by atoms with Crippen molar-refractivity contribution in [1.29, 1.82) is 0 Å². The number of aromatic nitrogens is 2. The molecule has 1 aromatic heterocycles. The van der Waals surface area contributed by atoms with E-state index in [1.54, 1.807) is 12.1 Å². The number of rotatable bonds is 10. The first-order valence-corrected chi connectivity index (χ1v) is 13.4. The molecule has 0 aliphatic carbocycles. The average Bonchev–Trinajstić information content (AvgIpc) is 2.99. The number of aliphatic carboxylic acids is 2. The number of anilines is 4. The van der Waals surface area contributed by atoms with Crippen LogP contribution in [0.5, 0.6) is 0 Å². The second kappa shape index (κ2) is 15.3. The molecule has 7 atom stereocenters. The lowest BCUT2D eigenvalue weighted by molar-refractivity contribution is -0.248. The quantitative estimate of drug-likeness (QED) is 0.122. The van der Waals surface area contributed by atoms with Gasteiger partial charge in [0.2, 0.25) is 5.95 Å². The van der Waals surface area contributed by atoms with Crippen molar-refractivity contribution in [2.24, 2.45) is 5.73 Å². The Bertz CT molecular complexity index is 1350. The maximum absolute atomic E-state index is 12.3. The number of carbonyl (C=O) groups is 3. The number of nitrogens with two attached hydrogens (primary N) is 2. The second-order valence-corrected chi connectivity index (χ2v) is 9.96. The molecule has 0 saturated carbocycles. The van der Waals surface area contributed by atoms with Gasteiger partial charge in [-0.05, 0) is 30.7 Å². The fraction of sp³-hybridized carbons (Fsp3) is 0.480. The van der Waals surface area contributed by atoms with Crippen molar-refractivity contribution in [3.63, 3.8) is 0 Å². The highest BCUT2D eigenvalue weighted by atomic mass is 16.6. The average molecular weight is 625 g/mol. The number of nitrogens with one attached hydrogen (secondary N) is 5. The lowest BCUT2D eigenvalue weighted by Crippen LogP contribution is -2.61. The lowest BCUT2D eigenvalue weighted by atomic mass is 9.98. The SMILES string of the molecule is N[C@@H]1[C@@H](O)[C@@H](O)[C@@H](CO)O[C@H]1O.Nc1nc2c(c(=O)[nH]1)N[C@H](CNc1ccc(C(=O)N[C@@H](CCC(=O)O)C(=O)O)cc1)CN2. The zero-order chi connectivity index (χ0) is 32.6. The van der Waals surface area contributed by atoms with Crippen LogP contribution in [0.4, 0.5) is 23.1 Å². The minimum absolute atomic E-state index is 0.0281. The fourth-order valence-electron chi connectivity index (χ4n) is 4.22. The largest absolute Gasteiger partial charge is 0.481 e. The predicted molar refractivity (Wildman–Crippen MR) is 154 cm³/mol. The van der Waals surface area contributed by atoms with E-state index in [0.717, 1.165) is 0 Å². The predicted octanol–water partition coefficient (Wildman–Crippen LogP) is -3.54. The van der Waals surface area contributed by atoms with E-state index in [-0.39, 0.29) is 36.0 Å². The Morgan fingerprint density at radius 2 is 1.80 bits per heavy atom. The van der Waals surface area contributed by atoms with E-state index < -0.39 is 61.1 Å². The molecule has 19 nitrogen and oxygen atoms in total. The van der Waals surface area contributed by atoms with E-state index >= 15 is 0 Å². The first-order chi connectivity index (χ1) is 20.8. The molecule has 4 rings (SSSR count). The van der Waals surface area contributed by atoms with E-state index in [9.17, 15) is 29.4 Å². The first kappa shape index (κ1) is 34.0. The molecule has 15 N–H and O–H groups in total. The summed E-state index contributed by atoms with van der Waals surface area (Å²) in [5.41, 5.74) is 11.7. The Hall–Kier alpha value is -4.53. The molecule has 3 heterocycles. The van der Waals surface area contributed by atoms with Gasteiger partial charge in [0.25, 0.3) is 11.5 Å². The molecule has 1 aromatic carbocycles. The summed E-state index contributed by atoms with van der Waals surface area (Å²) in [7, 11) is 0. The van der Waals surface area contributed by atoms with Crippen molar-refractivity contribution < 1.29 is 49.8 Å². The molecule has 1 saturated heterocycles. The first-order valence-electron chi connectivity index (χ1n) is 13.4. The summed E-state index contributed by atoms with van der Waals surface area (Å²) in [6.07, 6.45) is -5.44. The molecule has 1 fully saturated rings. The minimum atomic E-state index is -1.35. The highest BCUT2D eigenvalue weighted by Crippen LogP contribution is 2.20. The summed E-state index contributed by atoms with van der Waals surface area (Å²) in [4.78, 5) is 52.6. The number of aromatic amines is 1. The zero-order valence-corrected chi connectivity index (χ0v) is 23.2. The Labute approximate surface area is 249 Å². The molecule has 0 unspecified atom stereocenters. The van der Waals surface area contributed by atoms with Gasteiger partial charge < -0.3 is 68.1 Å². The Balaban J connectivity index is 0.000000369. The highest BCUT2D eigenvalue weighted by Gasteiger charge is 2.41. The number of amides is 1. The van der Waals surface area contributed by atoms with Crippen LogP contribution in [0.3, 0.4) is 0 Å². The van der Waals surface area contributed by atoms with Gasteiger partial charge >= 0.3 is 11.9 Å². The van der Waals surface area contributed by atoms with Crippen LogP contribution in [-0.2, 0) is 14.3 Å². The number of ether oxygens (including phenoxy) is 1. The van der Waals surface area contributed by atoms with Crippen molar-refractivity contribution in [3.8, 4) is 0 Å². The molecule has 2 aliphatic rings. The molecule has 1 amide bonds. The Morgan fingerprint density at radius 3 is 2.41 bits per heavy atom. The van der Waals surface area contributed by atoms with E-state index in [1.165, 1.54) is 12.1 Å². The number of nitrogen functional groups attached to an aromatic ring is 1. The molecule has 0 radical (unpaired) electrons. The third kappa shape index (κ3) is 8.99. The van der Waals surface area contributed by atoms with Crippen LogP contribution >= 0.6 is 0 Å². The van der Waals surface area contributed by atoms with E-state index in [2.05, 4.69) is 31.2 Å². The minimum Gasteiger partial charge on any atom is -0.481 e. The van der Waals surface area contributed by atoms with Crippen LogP contribution in [0.2, 0.25) is 0 Å². The summed E-state index contributed by atoms with van der Waals surface area (Å²) < 4.78 is 4.70. The van der Waals surface area contributed by atoms with E-state index in [0.29, 0.717) is 30.3 Å². The van der Waals surface area contributed by atoms with Crippen molar-refractivity contribution >= 4 is 41.0 Å². The zero-order valence-electron chi connectivity index (χ0n) is 23.2. The number of aliphatic hydroxyl groups is 4. The second-order valence-electron chi connectivity index (χ2n) is 9.96.